The summed E-state index contributed by atoms with van der Waals surface area (Å²) in [6, 6.07) is 14.3. The van der Waals surface area contributed by atoms with Gasteiger partial charge < -0.3 is 14.6 Å². The highest BCUT2D eigenvalue weighted by Crippen LogP contribution is 2.37. The number of benzene rings is 2. The van der Waals surface area contributed by atoms with E-state index in [0.717, 1.165) is 28.7 Å². The molecule has 1 aliphatic rings. The highest BCUT2D eigenvalue weighted by molar-refractivity contribution is 9.10. The van der Waals surface area contributed by atoms with Gasteiger partial charge in [0, 0.05) is 4.47 Å². The van der Waals surface area contributed by atoms with Gasteiger partial charge in [-0.3, -0.25) is 9.69 Å². The van der Waals surface area contributed by atoms with E-state index in [1.165, 1.54) is 0 Å². The fourth-order valence-corrected chi connectivity index (χ4v) is 4.14. The number of methoxy groups -OCH3 is 2. The minimum Gasteiger partial charge on any atom is -0.493 e. The average molecular weight is 434 g/mol. The highest BCUT2D eigenvalue weighted by Gasteiger charge is 2.30. The van der Waals surface area contributed by atoms with Crippen molar-refractivity contribution in [2.75, 3.05) is 27.3 Å². The Morgan fingerprint density at radius 1 is 1.07 bits per heavy atom. The number of carboxylic acids is 1. The molecule has 0 spiro atoms. The van der Waals surface area contributed by atoms with E-state index in [4.69, 9.17) is 9.47 Å². The lowest BCUT2D eigenvalue weighted by Crippen LogP contribution is -2.39. The number of carboxylic acid groups (broad SMARTS) is 1. The maximum atomic E-state index is 11.3. The molecule has 1 heterocycles. The number of ether oxygens (including phenoxy) is 2. The van der Waals surface area contributed by atoms with E-state index < -0.39 is 5.97 Å². The number of carbonyl (C=O) groups is 1. The SMILES string of the molecule is COc1ccc(C(c2cccc(Br)c2)N2CCC(C(=O)O)CC2)cc1OC. The molecule has 1 saturated heterocycles. The molecule has 5 nitrogen and oxygen atoms in total. The lowest BCUT2D eigenvalue weighted by molar-refractivity contribution is -0.143. The Hall–Kier alpha value is -2.05. The fourth-order valence-electron chi connectivity index (χ4n) is 3.72. The van der Waals surface area contributed by atoms with Gasteiger partial charge in [0.15, 0.2) is 11.5 Å². The first-order chi connectivity index (χ1) is 13.0. The van der Waals surface area contributed by atoms with Gasteiger partial charge in [-0.2, -0.15) is 0 Å². The molecule has 6 heteroatoms. The number of aliphatic carboxylic acids is 1. The van der Waals surface area contributed by atoms with Crippen molar-refractivity contribution in [2.45, 2.75) is 18.9 Å². The maximum absolute atomic E-state index is 11.3. The minimum atomic E-state index is -0.695. The van der Waals surface area contributed by atoms with Crippen LogP contribution >= 0.6 is 15.9 Å². The van der Waals surface area contributed by atoms with E-state index in [1.807, 2.05) is 24.3 Å². The summed E-state index contributed by atoms with van der Waals surface area (Å²) in [4.78, 5) is 13.7. The summed E-state index contributed by atoms with van der Waals surface area (Å²) in [6.45, 7) is 1.48. The average Bonchev–Trinajstić information content (AvgIpc) is 2.68. The topological polar surface area (TPSA) is 59.0 Å². The summed E-state index contributed by atoms with van der Waals surface area (Å²) in [5.41, 5.74) is 2.25. The summed E-state index contributed by atoms with van der Waals surface area (Å²) in [5.74, 6) is 0.434. The molecule has 0 bridgehead atoms. The van der Waals surface area contributed by atoms with Crippen molar-refractivity contribution in [3.8, 4) is 11.5 Å². The number of nitrogens with zero attached hydrogens (tertiary/aromatic N) is 1. The van der Waals surface area contributed by atoms with Crippen molar-refractivity contribution in [1.82, 2.24) is 4.90 Å². The van der Waals surface area contributed by atoms with Gasteiger partial charge >= 0.3 is 5.97 Å². The van der Waals surface area contributed by atoms with E-state index in [9.17, 15) is 9.90 Å². The van der Waals surface area contributed by atoms with Crippen LogP contribution in [0.3, 0.4) is 0 Å². The lowest BCUT2D eigenvalue weighted by atomic mass is 9.91. The van der Waals surface area contributed by atoms with Crippen molar-refractivity contribution in [3.05, 3.63) is 58.1 Å². The van der Waals surface area contributed by atoms with Crippen LogP contribution < -0.4 is 9.47 Å². The molecule has 27 heavy (non-hydrogen) atoms. The molecule has 2 aromatic carbocycles. The molecular weight excluding hydrogens is 410 g/mol. The van der Waals surface area contributed by atoms with Crippen LogP contribution in [0.25, 0.3) is 0 Å². The molecular formula is C21H24BrNO4. The third-order valence-corrected chi connectivity index (χ3v) is 5.62. The van der Waals surface area contributed by atoms with Crippen molar-refractivity contribution in [2.24, 2.45) is 5.92 Å². The molecule has 0 aliphatic carbocycles. The van der Waals surface area contributed by atoms with Gasteiger partial charge in [-0.1, -0.05) is 34.1 Å². The molecule has 144 valence electrons. The zero-order valence-electron chi connectivity index (χ0n) is 15.5. The van der Waals surface area contributed by atoms with Gasteiger partial charge in [0.25, 0.3) is 0 Å². The van der Waals surface area contributed by atoms with Crippen LogP contribution in [0.15, 0.2) is 46.9 Å². The molecule has 1 fully saturated rings. The van der Waals surface area contributed by atoms with E-state index >= 15 is 0 Å². The molecule has 1 N–H and O–H groups in total. The van der Waals surface area contributed by atoms with Crippen LogP contribution in [0, 0.1) is 5.92 Å². The number of piperidine rings is 1. The third kappa shape index (κ3) is 4.45. The molecule has 0 radical (unpaired) electrons. The van der Waals surface area contributed by atoms with Gasteiger partial charge in [-0.05, 0) is 61.3 Å². The summed E-state index contributed by atoms with van der Waals surface area (Å²) in [6.07, 6.45) is 1.32. The van der Waals surface area contributed by atoms with E-state index in [0.29, 0.717) is 24.3 Å². The Balaban J connectivity index is 1.97. The van der Waals surface area contributed by atoms with Gasteiger partial charge in [0.05, 0.1) is 26.2 Å². The first kappa shape index (κ1) is 19.7. The van der Waals surface area contributed by atoms with Crippen molar-refractivity contribution < 1.29 is 19.4 Å². The Morgan fingerprint density at radius 3 is 2.33 bits per heavy atom. The van der Waals surface area contributed by atoms with Crippen LogP contribution in [0.4, 0.5) is 0 Å². The van der Waals surface area contributed by atoms with Crippen LogP contribution in [0.2, 0.25) is 0 Å². The lowest BCUT2D eigenvalue weighted by Gasteiger charge is -2.37. The molecule has 0 aromatic heterocycles. The predicted octanol–water partition coefficient (Wildman–Crippen LogP) is 4.35. The molecule has 2 aromatic rings. The van der Waals surface area contributed by atoms with Crippen LogP contribution in [0.5, 0.6) is 11.5 Å². The first-order valence-electron chi connectivity index (χ1n) is 8.97. The molecule has 3 rings (SSSR count). The summed E-state index contributed by atoms with van der Waals surface area (Å²) in [5, 5.41) is 9.30. The van der Waals surface area contributed by atoms with E-state index in [2.05, 4.69) is 39.0 Å². The van der Waals surface area contributed by atoms with E-state index in [-0.39, 0.29) is 12.0 Å². The quantitative estimate of drug-likeness (QED) is 0.733. The van der Waals surface area contributed by atoms with Gasteiger partial charge in [-0.15, -0.1) is 0 Å². The Labute approximate surface area is 168 Å². The normalized spacial score (nSPS) is 16.7. The fraction of sp³-hybridized carbons (Fsp3) is 0.381. The third-order valence-electron chi connectivity index (χ3n) is 5.13. The van der Waals surface area contributed by atoms with Crippen LogP contribution in [-0.4, -0.2) is 43.3 Å². The van der Waals surface area contributed by atoms with E-state index in [1.54, 1.807) is 14.2 Å². The Bertz CT molecular complexity index is 803. The Morgan fingerprint density at radius 2 is 1.74 bits per heavy atom. The van der Waals surface area contributed by atoms with Crippen molar-refractivity contribution in [1.29, 1.82) is 0 Å². The number of likely N-dealkylation sites (tertiary alicyclic amines) is 1. The number of hydrogen-bond acceptors (Lipinski definition) is 4. The van der Waals surface area contributed by atoms with Gasteiger partial charge in [0.2, 0.25) is 0 Å². The summed E-state index contributed by atoms with van der Waals surface area (Å²) >= 11 is 3.57. The first-order valence-corrected chi connectivity index (χ1v) is 9.77. The van der Waals surface area contributed by atoms with Crippen molar-refractivity contribution >= 4 is 21.9 Å². The second kappa shape index (κ2) is 8.76. The van der Waals surface area contributed by atoms with Gasteiger partial charge in [0.1, 0.15) is 0 Å². The van der Waals surface area contributed by atoms with Crippen molar-refractivity contribution in [3.63, 3.8) is 0 Å². The van der Waals surface area contributed by atoms with Crippen LogP contribution in [-0.2, 0) is 4.79 Å². The number of halogens is 1. The smallest absolute Gasteiger partial charge is 0.306 e. The molecule has 1 aliphatic heterocycles. The number of hydrogen-bond donors (Lipinski definition) is 1. The zero-order chi connectivity index (χ0) is 19.4. The molecule has 1 atom stereocenters. The molecule has 0 amide bonds. The molecule has 0 saturated carbocycles. The summed E-state index contributed by atoms with van der Waals surface area (Å²) < 4.78 is 11.9. The molecule has 1 unspecified atom stereocenters. The second-order valence-electron chi connectivity index (χ2n) is 6.72. The summed E-state index contributed by atoms with van der Waals surface area (Å²) in [7, 11) is 3.26. The predicted molar refractivity (Wildman–Crippen MR) is 107 cm³/mol. The highest BCUT2D eigenvalue weighted by atomic mass is 79.9. The number of rotatable bonds is 6. The maximum Gasteiger partial charge on any atom is 0.306 e. The largest absolute Gasteiger partial charge is 0.493 e. The zero-order valence-corrected chi connectivity index (χ0v) is 17.1. The minimum absolute atomic E-state index is 0.0250. The monoisotopic (exact) mass is 433 g/mol. The Kier molecular flexibility index (Phi) is 6.39. The van der Waals surface area contributed by atoms with Crippen LogP contribution in [0.1, 0.15) is 30.0 Å². The standard InChI is InChI=1S/C21H24BrNO4/c1-26-18-7-6-16(13-19(18)27-2)20(15-4-3-5-17(22)12-15)23-10-8-14(9-11-23)21(24)25/h3-7,12-14,20H,8-11H2,1-2H3,(H,24,25). The second-order valence-corrected chi connectivity index (χ2v) is 7.64. The van der Waals surface area contributed by atoms with Gasteiger partial charge in [-0.25, -0.2) is 0 Å².